The summed E-state index contributed by atoms with van der Waals surface area (Å²) in [6.45, 7) is 6.85. The summed E-state index contributed by atoms with van der Waals surface area (Å²) in [5, 5.41) is 0. The molecule has 6 nitrogen and oxygen atoms in total. The highest BCUT2D eigenvalue weighted by molar-refractivity contribution is 6.04. The summed E-state index contributed by atoms with van der Waals surface area (Å²) in [6, 6.07) is 6.72. The number of para-hydroxylation sites is 1. The molecule has 1 atom stereocenters. The van der Waals surface area contributed by atoms with E-state index in [0.717, 1.165) is 12.8 Å². The molecule has 1 saturated heterocycles. The Morgan fingerprint density at radius 1 is 1.28 bits per heavy atom. The van der Waals surface area contributed by atoms with E-state index in [1.54, 1.807) is 36.1 Å². The van der Waals surface area contributed by atoms with Crippen LogP contribution in [-0.4, -0.2) is 48.9 Å². The molecule has 0 saturated carbocycles. The summed E-state index contributed by atoms with van der Waals surface area (Å²) in [6.07, 6.45) is 2.10. The van der Waals surface area contributed by atoms with Crippen LogP contribution in [0.3, 0.4) is 0 Å². The first-order valence-corrected chi connectivity index (χ1v) is 8.76. The van der Waals surface area contributed by atoms with Gasteiger partial charge in [0.2, 0.25) is 11.8 Å². The number of hydrogen-bond donors (Lipinski definition) is 0. The summed E-state index contributed by atoms with van der Waals surface area (Å²) >= 11 is 0. The number of carbonyl (C=O) groups excluding carboxylic acids is 3. The molecule has 0 aromatic heterocycles. The van der Waals surface area contributed by atoms with Crippen LogP contribution in [0.15, 0.2) is 24.3 Å². The Hall–Kier alpha value is -2.37. The van der Waals surface area contributed by atoms with Crippen molar-refractivity contribution in [2.75, 3.05) is 31.1 Å². The number of amides is 2. The van der Waals surface area contributed by atoms with Gasteiger partial charge in [0.05, 0.1) is 17.9 Å². The number of rotatable bonds is 5. The number of ether oxygens (including phenoxy) is 1. The van der Waals surface area contributed by atoms with Gasteiger partial charge in [0.1, 0.15) is 6.54 Å². The van der Waals surface area contributed by atoms with Crippen LogP contribution in [0.2, 0.25) is 0 Å². The number of carbonyl (C=O) groups is 3. The van der Waals surface area contributed by atoms with Crippen molar-refractivity contribution in [3.05, 3.63) is 29.8 Å². The maximum atomic E-state index is 12.7. The predicted molar refractivity (Wildman–Crippen MR) is 95.4 cm³/mol. The first kappa shape index (κ1) is 19.0. The van der Waals surface area contributed by atoms with Gasteiger partial charge >= 0.3 is 5.97 Å². The van der Waals surface area contributed by atoms with Crippen LogP contribution in [0.25, 0.3) is 0 Å². The third kappa shape index (κ3) is 4.81. The molecule has 1 heterocycles. The van der Waals surface area contributed by atoms with Gasteiger partial charge in [-0.25, -0.2) is 4.79 Å². The van der Waals surface area contributed by atoms with Gasteiger partial charge in [-0.15, -0.1) is 0 Å². The van der Waals surface area contributed by atoms with Crippen LogP contribution in [-0.2, 0) is 14.3 Å². The van der Waals surface area contributed by atoms with Gasteiger partial charge < -0.3 is 14.5 Å². The fourth-order valence-electron chi connectivity index (χ4n) is 3.11. The summed E-state index contributed by atoms with van der Waals surface area (Å²) in [5.74, 6) is -0.408. The standard InChI is InChI=1S/C19H26N2O4/c1-4-25-19(24)16-9-5-6-10-17(16)21(15(3)22)13-18(23)20-11-7-8-14(2)12-20/h5-6,9-10,14H,4,7-8,11-13H2,1-3H3. The highest BCUT2D eigenvalue weighted by Crippen LogP contribution is 2.23. The Labute approximate surface area is 148 Å². The maximum Gasteiger partial charge on any atom is 0.340 e. The van der Waals surface area contributed by atoms with Crippen molar-refractivity contribution in [3.63, 3.8) is 0 Å². The smallest absolute Gasteiger partial charge is 0.340 e. The molecular weight excluding hydrogens is 320 g/mol. The first-order chi connectivity index (χ1) is 11.9. The predicted octanol–water partition coefficient (Wildman–Crippen LogP) is 2.47. The quantitative estimate of drug-likeness (QED) is 0.768. The monoisotopic (exact) mass is 346 g/mol. The third-order valence-electron chi connectivity index (χ3n) is 4.37. The Morgan fingerprint density at radius 3 is 2.64 bits per heavy atom. The minimum absolute atomic E-state index is 0.0710. The molecule has 1 aromatic carbocycles. The zero-order chi connectivity index (χ0) is 18.4. The Kier molecular flexibility index (Phi) is 6.56. The molecule has 0 N–H and O–H groups in total. The third-order valence-corrected chi connectivity index (χ3v) is 4.37. The molecular formula is C19H26N2O4. The van der Waals surface area contributed by atoms with Crippen molar-refractivity contribution in [3.8, 4) is 0 Å². The molecule has 1 unspecified atom stereocenters. The number of benzene rings is 1. The largest absolute Gasteiger partial charge is 0.462 e. The van der Waals surface area contributed by atoms with Crippen LogP contribution in [0.1, 0.15) is 44.0 Å². The zero-order valence-corrected chi connectivity index (χ0v) is 15.2. The highest BCUT2D eigenvalue weighted by Gasteiger charge is 2.26. The van der Waals surface area contributed by atoms with Crippen molar-refractivity contribution in [1.29, 1.82) is 0 Å². The molecule has 0 bridgehead atoms. The Balaban J connectivity index is 2.22. The molecule has 0 spiro atoms. The van der Waals surface area contributed by atoms with Gasteiger partial charge in [0.25, 0.3) is 0 Å². The van der Waals surface area contributed by atoms with Crippen LogP contribution in [0.4, 0.5) is 5.69 Å². The van der Waals surface area contributed by atoms with E-state index >= 15 is 0 Å². The lowest BCUT2D eigenvalue weighted by atomic mass is 10.0. The molecule has 25 heavy (non-hydrogen) atoms. The van der Waals surface area contributed by atoms with Gasteiger partial charge in [-0.2, -0.15) is 0 Å². The molecule has 1 aliphatic heterocycles. The van der Waals surface area contributed by atoms with Gasteiger partial charge in [0, 0.05) is 20.0 Å². The molecule has 2 rings (SSSR count). The molecule has 0 radical (unpaired) electrons. The van der Waals surface area contributed by atoms with E-state index in [4.69, 9.17) is 4.74 Å². The molecule has 1 fully saturated rings. The number of piperidine rings is 1. The summed E-state index contributed by atoms with van der Waals surface area (Å²) in [4.78, 5) is 40.1. The number of hydrogen-bond acceptors (Lipinski definition) is 4. The summed E-state index contributed by atoms with van der Waals surface area (Å²) in [5.41, 5.74) is 0.700. The molecule has 2 amide bonds. The lowest BCUT2D eigenvalue weighted by Crippen LogP contribution is -2.46. The van der Waals surface area contributed by atoms with Gasteiger partial charge in [-0.1, -0.05) is 19.1 Å². The van der Waals surface area contributed by atoms with Gasteiger partial charge in [-0.05, 0) is 37.8 Å². The van der Waals surface area contributed by atoms with Crippen LogP contribution >= 0.6 is 0 Å². The van der Waals surface area contributed by atoms with E-state index in [9.17, 15) is 14.4 Å². The van der Waals surface area contributed by atoms with Crippen molar-refractivity contribution < 1.29 is 19.1 Å². The Morgan fingerprint density at radius 2 is 2.00 bits per heavy atom. The second-order valence-corrected chi connectivity index (χ2v) is 6.43. The maximum absolute atomic E-state index is 12.7. The van der Waals surface area contributed by atoms with Crippen molar-refractivity contribution >= 4 is 23.5 Å². The van der Waals surface area contributed by atoms with E-state index in [0.29, 0.717) is 30.3 Å². The van der Waals surface area contributed by atoms with E-state index < -0.39 is 5.97 Å². The molecule has 136 valence electrons. The van der Waals surface area contributed by atoms with E-state index in [1.165, 1.54) is 11.8 Å². The van der Waals surface area contributed by atoms with E-state index in [2.05, 4.69) is 6.92 Å². The second kappa shape index (κ2) is 8.65. The fourth-order valence-corrected chi connectivity index (χ4v) is 3.11. The number of anilines is 1. The number of nitrogens with zero attached hydrogens (tertiary/aromatic N) is 2. The molecule has 0 aliphatic carbocycles. The molecule has 1 aromatic rings. The van der Waals surface area contributed by atoms with Crippen molar-refractivity contribution in [1.82, 2.24) is 4.90 Å². The van der Waals surface area contributed by atoms with Gasteiger partial charge in [-0.3, -0.25) is 9.59 Å². The molecule has 6 heteroatoms. The van der Waals surface area contributed by atoms with Crippen molar-refractivity contribution in [2.24, 2.45) is 5.92 Å². The SMILES string of the molecule is CCOC(=O)c1ccccc1N(CC(=O)N1CCCC(C)C1)C(C)=O. The first-order valence-electron chi connectivity index (χ1n) is 8.76. The Bertz CT molecular complexity index is 644. The molecule has 1 aliphatic rings. The highest BCUT2D eigenvalue weighted by atomic mass is 16.5. The minimum Gasteiger partial charge on any atom is -0.462 e. The van der Waals surface area contributed by atoms with Crippen LogP contribution in [0, 0.1) is 5.92 Å². The van der Waals surface area contributed by atoms with E-state index in [1.807, 2.05) is 0 Å². The average molecular weight is 346 g/mol. The average Bonchev–Trinajstić information content (AvgIpc) is 2.59. The minimum atomic E-state index is -0.497. The topological polar surface area (TPSA) is 66.9 Å². The summed E-state index contributed by atoms with van der Waals surface area (Å²) < 4.78 is 5.06. The summed E-state index contributed by atoms with van der Waals surface area (Å²) in [7, 11) is 0. The van der Waals surface area contributed by atoms with Crippen LogP contribution in [0.5, 0.6) is 0 Å². The second-order valence-electron chi connectivity index (χ2n) is 6.43. The zero-order valence-electron chi connectivity index (χ0n) is 15.2. The van der Waals surface area contributed by atoms with Crippen molar-refractivity contribution in [2.45, 2.75) is 33.6 Å². The lowest BCUT2D eigenvalue weighted by Gasteiger charge is -2.33. The fraction of sp³-hybridized carbons (Fsp3) is 0.526. The van der Waals surface area contributed by atoms with E-state index in [-0.39, 0.29) is 25.0 Å². The number of esters is 1. The lowest BCUT2D eigenvalue weighted by molar-refractivity contribution is -0.132. The normalized spacial score (nSPS) is 17.1. The van der Waals surface area contributed by atoms with Crippen LogP contribution < -0.4 is 4.90 Å². The number of likely N-dealkylation sites (tertiary alicyclic amines) is 1. The van der Waals surface area contributed by atoms with Gasteiger partial charge in [0.15, 0.2) is 0 Å².